The van der Waals surface area contributed by atoms with Gasteiger partial charge >= 0.3 is 0 Å². The van der Waals surface area contributed by atoms with E-state index < -0.39 is 5.91 Å². The Morgan fingerprint density at radius 2 is 2.00 bits per heavy atom. The average Bonchev–Trinajstić information content (AvgIpc) is 3.30. The molecule has 0 aliphatic heterocycles. The molecular formula is C15H15N2O3. The predicted molar refractivity (Wildman–Crippen MR) is 73.7 cm³/mol. The highest BCUT2D eigenvalue weighted by Gasteiger charge is 2.31. The lowest BCUT2D eigenvalue weighted by Crippen LogP contribution is -2.47. The summed E-state index contributed by atoms with van der Waals surface area (Å²) in [6, 6.07) is 9.29. The van der Waals surface area contributed by atoms with Crippen LogP contribution < -0.4 is 5.43 Å². The molecule has 1 fully saturated rings. The maximum atomic E-state index is 11.9. The van der Waals surface area contributed by atoms with Crippen LogP contribution in [0.2, 0.25) is 0 Å². The van der Waals surface area contributed by atoms with Crippen LogP contribution in [0.15, 0.2) is 36.4 Å². The van der Waals surface area contributed by atoms with Gasteiger partial charge in [-0.05, 0) is 24.5 Å². The first-order valence-electron chi connectivity index (χ1n) is 6.41. The Labute approximate surface area is 117 Å². The van der Waals surface area contributed by atoms with Gasteiger partial charge in [0.05, 0.1) is 0 Å². The fourth-order valence-electron chi connectivity index (χ4n) is 1.63. The van der Waals surface area contributed by atoms with Gasteiger partial charge in [0.2, 0.25) is 12.2 Å². The van der Waals surface area contributed by atoms with Gasteiger partial charge in [-0.3, -0.25) is 19.8 Å². The molecule has 103 valence electrons. The van der Waals surface area contributed by atoms with Gasteiger partial charge in [0.1, 0.15) is 6.54 Å². The van der Waals surface area contributed by atoms with Crippen molar-refractivity contribution in [1.29, 1.82) is 0 Å². The Hall–Kier alpha value is -2.43. The average molecular weight is 271 g/mol. The molecule has 2 rings (SSSR count). The first-order chi connectivity index (χ1) is 9.70. The molecule has 0 heterocycles. The number of hydrogen-bond acceptors (Lipinski definition) is 3. The van der Waals surface area contributed by atoms with Crippen molar-refractivity contribution in [3.05, 3.63) is 42.0 Å². The van der Waals surface area contributed by atoms with Gasteiger partial charge < -0.3 is 0 Å². The number of amides is 2. The maximum Gasteiger partial charge on any atom is 0.265 e. The van der Waals surface area contributed by atoms with E-state index in [2.05, 4.69) is 5.43 Å². The molecule has 1 aliphatic rings. The van der Waals surface area contributed by atoms with Crippen LogP contribution in [0, 0.1) is 5.92 Å². The van der Waals surface area contributed by atoms with E-state index in [-0.39, 0.29) is 18.4 Å². The van der Waals surface area contributed by atoms with Crippen molar-refractivity contribution in [1.82, 2.24) is 10.4 Å². The second-order valence-electron chi connectivity index (χ2n) is 4.56. The summed E-state index contributed by atoms with van der Waals surface area (Å²) in [6.07, 6.45) is 6.23. The number of hydrogen-bond donors (Lipinski definition) is 1. The number of rotatable bonds is 5. The first kappa shape index (κ1) is 14.0. The Bertz CT molecular complexity index is 521. The molecule has 1 aromatic rings. The van der Waals surface area contributed by atoms with Gasteiger partial charge in [-0.25, -0.2) is 5.01 Å². The molecule has 1 aliphatic carbocycles. The van der Waals surface area contributed by atoms with E-state index in [1.165, 1.54) is 6.08 Å². The monoisotopic (exact) mass is 271 g/mol. The van der Waals surface area contributed by atoms with Gasteiger partial charge in [0.15, 0.2) is 0 Å². The number of nitrogens with zero attached hydrogens (tertiary/aromatic N) is 1. The number of nitrogens with one attached hydrogen (secondary N) is 1. The molecule has 5 nitrogen and oxygen atoms in total. The van der Waals surface area contributed by atoms with Crippen molar-refractivity contribution in [3.8, 4) is 0 Å². The normalized spacial score (nSPS) is 14.0. The molecule has 2 amide bonds. The third-order valence-corrected chi connectivity index (χ3v) is 2.90. The fraction of sp³-hybridized carbons (Fsp3) is 0.267. The lowest BCUT2D eigenvalue weighted by atomic mass is 10.2. The van der Waals surface area contributed by atoms with Crippen LogP contribution in [-0.2, 0) is 14.4 Å². The van der Waals surface area contributed by atoms with Gasteiger partial charge in [-0.2, -0.15) is 0 Å². The highest BCUT2D eigenvalue weighted by Crippen LogP contribution is 2.28. The van der Waals surface area contributed by atoms with E-state index in [4.69, 9.17) is 0 Å². The SMILES string of the molecule is O=[C]CN(NC(=O)C1CC1)C(=O)C=Cc1ccccc1. The van der Waals surface area contributed by atoms with Crippen molar-refractivity contribution < 1.29 is 14.4 Å². The van der Waals surface area contributed by atoms with Gasteiger partial charge in [-0.15, -0.1) is 0 Å². The van der Waals surface area contributed by atoms with Crippen molar-refractivity contribution in [3.63, 3.8) is 0 Å². The number of hydrazine groups is 1. The molecule has 0 atom stereocenters. The molecule has 0 bridgehead atoms. The fourth-order valence-corrected chi connectivity index (χ4v) is 1.63. The Balaban J connectivity index is 1.97. The van der Waals surface area contributed by atoms with E-state index in [0.29, 0.717) is 0 Å². The molecule has 1 N–H and O–H groups in total. The standard InChI is InChI=1S/C15H15N2O3/c18-11-10-17(16-15(20)13-7-8-13)14(19)9-6-12-4-2-1-3-5-12/h1-6,9,13H,7-8,10H2,(H,16,20). The minimum Gasteiger partial charge on any atom is -0.289 e. The predicted octanol–water partition coefficient (Wildman–Crippen LogP) is 1.08. The highest BCUT2D eigenvalue weighted by atomic mass is 16.2. The largest absolute Gasteiger partial charge is 0.289 e. The third-order valence-electron chi connectivity index (χ3n) is 2.90. The summed E-state index contributed by atoms with van der Waals surface area (Å²) in [5.41, 5.74) is 3.31. The summed E-state index contributed by atoms with van der Waals surface area (Å²) >= 11 is 0. The maximum absolute atomic E-state index is 11.9. The quantitative estimate of drug-likeness (QED) is 0.643. The molecule has 1 aromatic carbocycles. The Morgan fingerprint density at radius 1 is 1.30 bits per heavy atom. The molecule has 0 aromatic heterocycles. The summed E-state index contributed by atoms with van der Waals surface area (Å²) in [4.78, 5) is 34.0. The highest BCUT2D eigenvalue weighted by molar-refractivity contribution is 5.94. The van der Waals surface area contributed by atoms with Gasteiger partial charge in [0, 0.05) is 12.0 Å². The molecule has 20 heavy (non-hydrogen) atoms. The molecule has 0 unspecified atom stereocenters. The van der Waals surface area contributed by atoms with Crippen LogP contribution in [0.1, 0.15) is 18.4 Å². The zero-order chi connectivity index (χ0) is 14.4. The van der Waals surface area contributed by atoms with E-state index in [9.17, 15) is 14.4 Å². The molecule has 1 saturated carbocycles. The summed E-state index contributed by atoms with van der Waals surface area (Å²) in [5.74, 6) is -0.706. The lowest BCUT2D eigenvalue weighted by molar-refractivity contribution is -0.137. The smallest absolute Gasteiger partial charge is 0.265 e. The minimum atomic E-state index is -0.453. The molecule has 0 spiro atoms. The summed E-state index contributed by atoms with van der Waals surface area (Å²) in [7, 11) is 0. The summed E-state index contributed by atoms with van der Waals surface area (Å²) < 4.78 is 0. The van der Waals surface area contributed by atoms with Gasteiger partial charge in [-0.1, -0.05) is 30.3 Å². The first-order valence-corrected chi connectivity index (χ1v) is 6.41. The zero-order valence-electron chi connectivity index (χ0n) is 10.9. The van der Waals surface area contributed by atoms with Crippen LogP contribution >= 0.6 is 0 Å². The van der Waals surface area contributed by atoms with Crippen LogP contribution in [-0.4, -0.2) is 29.7 Å². The Morgan fingerprint density at radius 3 is 2.60 bits per heavy atom. The van der Waals surface area contributed by atoms with Crippen molar-refractivity contribution in [2.24, 2.45) is 5.92 Å². The van der Waals surface area contributed by atoms with Crippen LogP contribution in [0.25, 0.3) is 6.08 Å². The topological polar surface area (TPSA) is 66.5 Å². The van der Waals surface area contributed by atoms with E-state index >= 15 is 0 Å². The van der Waals surface area contributed by atoms with Crippen molar-refractivity contribution >= 4 is 24.2 Å². The van der Waals surface area contributed by atoms with E-state index in [1.54, 1.807) is 12.4 Å². The van der Waals surface area contributed by atoms with Crippen LogP contribution in [0.3, 0.4) is 0 Å². The van der Waals surface area contributed by atoms with Crippen LogP contribution in [0.5, 0.6) is 0 Å². The number of benzene rings is 1. The number of carbonyl (C=O) groups excluding carboxylic acids is 3. The lowest BCUT2D eigenvalue weighted by Gasteiger charge is -2.18. The zero-order valence-corrected chi connectivity index (χ0v) is 10.9. The van der Waals surface area contributed by atoms with E-state index in [1.807, 2.05) is 30.3 Å². The molecule has 0 saturated heterocycles. The van der Waals surface area contributed by atoms with Gasteiger partial charge in [0.25, 0.3) is 5.91 Å². The molecule has 1 radical (unpaired) electrons. The van der Waals surface area contributed by atoms with Crippen molar-refractivity contribution in [2.75, 3.05) is 6.54 Å². The van der Waals surface area contributed by atoms with E-state index in [0.717, 1.165) is 23.4 Å². The minimum absolute atomic E-state index is 0.0324. The third kappa shape index (κ3) is 4.05. The molecular weight excluding hydrogens is 256 g/mol. The van der Waals surface area contributed by atoms with Crippen molar-refractivity contribution in [2.45, 2.75) is 12.8 Å². The Kier molecular flexibility index (Phi) is 4.65. The number of carbonyl (C=O) groups is 2. The molecule has 5 heteroatoms. The second kappa shape index (κ2) is 6.65. The summed E-state index contributed by atoms with van der Waals surface area (Å²) in [6.45, 7) is -0.281. The van der Waals surface area contributed by atoms with Crippen LogP contribution in [0.4, 0.5) is 0 Å². The summed E-state index contributed by atoms with van der Waals surface area (Å²) in [5, 5.41) is 0.979. The second-order valence-corrected chi connectivity index (χ2v) is 4.56.